The van der Waals surface area contributed by atoms with Crippen LogP contribution in [0.25, 0.3) is 0 Å². The lowest BCUT2D eigenvalue weighted by molar-refractivity contribution is -0.118. The number of nitrogens with zero attached hydrogens (tertiary/aromatic N) is 1. The van der Waals surface area contributed by atoms with Gasteiger partial charge in [0.1, 0.15) is 0 Å². The predicted octanol–water partition coefficient (Wildman–Crippen LogP) is 2.82. The van der Waals surface area contributed by atoms with Gasteiger partial charge in [0.25, 0.3) is 0 Å². The fraction of sp³-hybridized carbons (Fsp3) is 0.526. The molecule has 0 saturated carbocycles. The lowest BCUT2D eigenvalue weighted by Crippen LogP contribution is -2.55. The van der Waals surface area contributed by atoms with Crippen molar-refractivity contribution < 1.29 is 14.6 Å². The lowest BCUT2D eigenvalue weighted by atomic mass is 9.58. The molecule has 0 bridgehead atoms. The van der Waals surface area contributed by atoms with Gasteiger partial charge in [-0.1, -0.05) is 12.1 Å². The Kier molecular flexibility index (Phi) is 3.96. The summed E-state index contributed by atoms with van der Waals surface area (Å²) in [7, 11) is 3.72. The topological polar surface area (TPSA) is 49.8 Å². The second kappa shape index (κ2) is 5.68. The van der Waals surface area contributed by atoms with Gasteiger partial charge in [-0.05, 0) is 51.6 Å². The van der Waals surface area contributed by atoms with Gasteiger partial charge in [0, 0.05) is 29.4 Å². The number of aryl methyl sites for hydroxylation is 1. The van der Waals surface area contributed by atoms with Crippen molar-refractivity contribution in [3.8, 4) is 11.5 Å². The number of phenolic OH excluding ortho intramolecular Hbond substituents is 1. The van der Waals surface area contributed by atoms with Crippen LogP contribution in [-0.4, -0.2) is 42.5 Å². The zero-order valence-corrected chi connectivity index (χ0v) is 14.3. The molecule has 3 atom stereocenters. The largest absolute Gasteiger partial charge is 0.504 e. The normalized spacial score (nSPS) is 31.0. The SMILES string of the molecule is COc1c(O)ccc(C)c1[C@]12CCN(C)[C@H](C)[C@@H]1C=CC(=O)C2. The molecule has 4 nitrogen and oxygen atoms in total. The van der Waals surface area contributed by atoms with E-state index >= 15 is 0 Å². The number of carbonyl (C=O) groups is 1. The number of benzene rings is 1. The van der Waals surface area contributed by atoms with E-state index in [2.05, 4.69) is 24.9 Å². The molecule has 1 heterocycles. The van der Waals surface area contributed by atoms with E-state index in [1.54, 1.807) is 19.3 Å². The number of phenols is 1. The van der Waals surface area contributed by atoms with Crippen LogP contribution in [0.15, 0.2) is 24.3 Å². The van der Waals surface area contributed by atoms with Gasteiger partial charge in [-0.25, -0.2) is 0 Å². The van der Waals surface area contributed by atoms with Gasteiger partial charge >= 0.3 is 0 Å². The third-order valence-electron chi connectivity index (χ3n) is 5.79. The molecule has 0 amide bonds. The van der Waals surface area contributed by atoms with E-state index in [0.717, 1.165) is 24.1 Å². The van der Waals surface area contributed by atoms with Crippen molar-refractivity contribution in [1.82, 2.24) is 4.90 Å². The van der Waals surface area contributed by atoms with Crippen LogP contribution >= 0.6 is 0 Å². The van der Waals surface area contributed by atoms with Gasteiger partial charge in [0.05, 0.1) is 7.11 Å². The number of carbonyl (C=O) groups excluding carboxylic acids is 1. The van der Waals surface area contributed by atoms with Crippen LogP contribution in [-0.2, 0) is 10.2 Å². The molecule has 0 radical (unpaired) electrons. The summed E-state index contributed by atoms with van der Waals surface area (Å²) in [5.41, 5.74) is 1.78. The highest BCUT2D eigenvalue weighted by Gasteiger charge is 2.50. The number of ketones is 1. The average molecular weight is 315 g/mol. The van der Waals surface area contributed by atoms with Crippen LogP contribution in [0.2, 0.25) is 0 Å². The molecule has 0 aromatic heterocycles. The molecule has 4 heteroatoms. The van der Waals surface area contributed by atoms with Gasteiger partial charge in [-0.15, -0.1) is 0 Å². The fourth-order valence-corrected chi connectivity index (χ4v) is 4.49. The minimum absolute atomic E-state index is 0.148. The third kappa shape index (κ3) is 2.36. The lowest BCUT2D eigenvalue weighted by Gasteiger charge is -2.52. The van der Waals surface area contributed by atoms with E-state index in [0.29, 0.717) is 18.2 Å². The quantitative estimate of drug-likeness (QED) is 0.912. The number of likely N-dealkylation sites (tertiary alicyclic amines) is 1. The van der Waals surface area contributed by atoms with Crippen molar-refractivity contribution >= 4 is 5.78 Å². The Morgan fingerprint density at radius 2 is 2.13 bits per heavy atom. The molecule has 1 fully saturated rings. The summed E-state index contributed by atoms with van der Waals surface area (Å²) in [5.74, 6) is 1.06. The summed E-state index contributed by atoms with van der Waals surface area (Å²) < 4.78 is 5.55. The molecule has 1 aromatic carbocycles. The van der Waals surface area contributed by atoms with E-state index < -0.39 is 0 Å². The molecule has 2 aliphatic rings. The number of fused-ring (bicyclic) bond motifs is 1. The van der Waals surface area contributed by atoms with Crippen LogP contribution in [0.3, 0.4) is 0 Å². The van der Waals surface area contributed by atoms with Crippen LogP contribution < -0.4 is 4.74 Å². The minimum Gasteiger partial charge on any atom is -0.504 e. The Morgan fingerprint density at radius 3 is 2.83 bits per heavy atom. The number of piperidine rings is 1. The number of methoxy groups -OCH3 is 1. The number of rotatable bonds is 2. The first-order chi connectivity index (χ1) is 10.9. The van der Waals surface area contributed by atoms with E-state index in [1.165, 1.54) is 0 Å². The molecule has 1 N–H and O–H groups in total. The summed E-state index contributed by atoms with van der Waals surface area (Å²) in [4.78, 5) is 14.6. The van der Waals surface area contributed by atoms with E-state index in [4.69, 9.17) is 4.74 Å². The number of hydrogen-bond acceptors (Lipinski definition) is 4. The molecule has 1 aromatic rings. The molecular weight excluding hydrogens is 290 g/mol. The number of hydrogen-bond donors (Lipinski definition) is 1. The summed E-state index contributed by atoms with van der Waals surface area (Å²) in [5, 5.41) is 10.3. The highest BCUT2D eigenvalue weighted by atomic mass is 16.5. The van der Waals surface area contributed by atoms with Gasteiger partial charge in [-0.2, -0.15) is 0 Å². The van der Waals surface area contributed by atoms with Crippen LogP contribution in [0.5, 0.6) is 11.5 Å². The molecule has 23 heavy (non-hydrogen) atoms. The molecule has 1 aliphatic carbocycles. The minimum atomic E-state index is -0.300. The van der Waals surface area contributed by atoms with Gasteiger partial charge in [0.2, 0.25) is 0 Å². The summed E-state index contributed by atoms with van der Waals surface area (Å²) in [6, 6.07) is 3.92. The van der Waals surface area contributed by atoms with Crippen molar-refractivity contribution in [2.75, 3.05) is 20.7 Å². The number of allylic oxidation sites excluding steroid dienone is 1. The molecule has 3 rings (SSSR count). The van der Waals surface area contributed by atoms with Crippen LogP contribution in [0.1, 0.15) is 30.9 Å². The average Bonchev–Trinajstić information content (AvgIpc) is 2.53. The monoisotopic (exact) mass is 315 g/mol. The standard InChI is InChI=1S/C19H25NO3/c1-12-5-8-16(22)18(23-4)17(12)19-9-10-20(3)13(2)15(19)7-6-14(21)11-19/h5-8,13,15,22H,9-11H2,1-4H3/t13-,15+,19+/m1/s1. The molecule has 1 aliphatic heterocycles. The van der Waals surface area contributed by atoms with Crippen molar-refractivity contribution in [1.29, 1.82) is 0 Å². The van der Waals surface area contributed by atoms with E-state index in [9.17, 15) is 9.90 Å². The number of aromatic hydroxyl groups is 1. The number of ether oxygens (including phenoxy) is 1. The van der Waals surface area contributed by atoms with Gasteiger partial charge in [0.15, 0.2) is 17.3 Å². The maximum absolute atomic E-state index is 12.3. The van der Waals surface area contributed by atoms with Crippen molar-refractivity contribution in [2.24, 2.45) is 5.92 Å². The molecule has 124 valence electrons. The van der Waals surface area contributed by atoms with Crippen molar-refractivity contribution in [3.63, 3.8) is 0 Å². The maximum atomic E-state index is 12.3. The molecule has 0 spiro atoms. The summed E-state index contributed by atoms with van der Waals surface area (Å²) in [6.07, 6.45) is 5.15. The Bertz CT molecular complexity index is 667. The van der Waals surface area contributed by atoms with Gasteiger partial charge < -0.3 is 14.7 Å². The zero-order valence-electron chi connectivity index (χ0n) is 14.3. The van der Waals surface area contributed by atoms with Crippen LogP contribution in [0.4, 0.5) is 0 Å². The smallest absolute Gasteiger partial charge is 0.164 e. The third-order valence-corrected chi connectivity index (χ3v) is 5.79. The summed E-state index contributed by atoms with van der Waals surface area (Å²) in [6.45, 7) is 5.18. The predicted molar refractivity (Wildman–Crippen MR) is 90.0 cm³/mol. The second-order valence-electron chi connectivity index (χ2n) is 6.97. The Balaban J connectivity index is 2.25. The Labute approximate surface area is 137 Å². The highest BCUT2D eigenvalue weighted by Crippen LogP contribution is 2.53. The first-order valence-corrected chi connectivity index (χ1v) is 8.19. The highest BCUT2D eigenvalue weighted by molar-refractivity contribution is 5.92. The Hall–Kier alpha value is -1.81. The summed E-state index contributed by atoms with van der Waals surface area (Å²) >= 11 is 0. The van der Waals surface area contributed by atoms with Gasteiger partial charge in [-0.3, -0.25) is 4.79 Å². The fourth-order valence-electron chi connectivity index (χ4n) is 4.49. The first-order valence-electron chi connectivity index (χ1n) is 8.19. The van der Waals surface area contributed by atoms with E-state index in [1.807, 2.05) is 13.0 Å². The first kappa shape index (κ1) is 16.1. The second-order valence-corrected chi connectivity index (χ2v) is 6.97. The van der Waals surface area contributed by atoms with Crippen LogP contribution in [0, 0.1) is 12.8 Å². The molecule has 0 unspecified atom stereocenters. The van der Waals surface area contributed by atoms with Crippen molar-refractivity contribution in [3.05, 3.63) is 35.4 Å². The van der Waals surface area contributed by atoms with E-state index in [-0.39, 0.29) is 22.9 Å². The molecule has 1 saturated heterocycles. The molecular formula is C19H25NO3. The Morgan fingerprint density at radius 1 is 1.39 bits per heavy atom. The maximum Gasteiger partial charge on any atom is 0.164 e. The van der Waals surface area contributed by atoms with Crippen molar-refractivity contribution in [2.45, 2.75) is 38.1 Å². The zero-order chi connectivity index (χ0) is 16.8.